The highest BCUT2D eigenvalue weighted by Gasteiger charge is 2.22. The van der Waals surface area contributed by atoms with Crippen LogP contribution in [0.25, 0.3) is 21.8 Å². The van der Waals surface area contributed by atoms with E-state index in [1.807, 2.05) is 66.1 Å². The van der Waals surface area contributed by atoms with Crippen LogP contribution in [0.5, 0.6) is 0 Å². The molecule has 2 heterocycles. The Kier molecular flexibility index (Phi) is 4.69. The number of amides is 1. The fourth-order valence-corrected chi connectivity index (χ4v) is 3.63. The quantitative estimate of drug-likeness (QED) is 0.584. The summed E-state index contributed by atoms with van der Waals surface area (Å²) in [6.07, 6.45) is 2.45. The molecule has 6 heteroatoms. The molecule has 1 amide bonds. The molecule has 142 valence electrons. The predicted octanol–water partition coefficient (Wildman–Crippen LogP) is 2.81. The Bertz CT molecular complexity index is 1210. The second-order valence-electron chi connectivity index (χ2n) is 6.93. The minimum atomic E-state index is -0.520. The molecular weight excluding hydrogens is 352 g/mol. The van der Waals surface area contributed by atoms with Gasteiger partial charge in [-0.3, -0.25) is 9.59 Å². The van der Waals surface area contributed by atoms with Crippen molar-refractivity contribution in [2.75, 3.05) is 6.54 Å². The van der Waals surface area contributed by atoms with Gasteiger partial charge in [0.15, 0.2) is 0 Å². The molecule has 0 spiro atoms. The third-order valence-electron chi connectivity index (χ3n) is 5.13. The van der Waals surface area contributed by atoms with Crippen LogP contribution < -0.4 is 10.9 Å². The van der Waals surface area contributed by atoms with Crippen LogP contribution in [0.4, 0.5) is 0 Å². The van der Waals surface area contributed by atoms with E-state index >= 15 is 0 Å². The molecule has 0 aliphatic heterocycles. The predicted molar refractivity (Wildman–Crippen MR) is 110 cm³/mol. The molecule has 4 aromatic rings. The van der Waals surface area contributed by atoms with Gasteiger partial charge in [-0.05, 0) is 25.0 Å². The normalized spacial score (nSPS) is 12.4. The summed E-state index contributed by atoms with van der Waals surface area (Å²) in [5.74, 6) is -0.113. The minimum absolute atomic E-state index is 0.113. The van der Waals surface area contributed by atoms with Gasteiger partial charge in [0, 0.05) is 24.4 Å². The largest absolute Gasteiger partial charge is 0.354 e. The number of carbonyl (C=O) groups is 1. The second kappa shape index (κ2) is 7.31. The molecule has 0 aliphatic carbocycles. The van der Waals surface area contributed by atoms with Crippen molar-refractivity contribution >= 4 is 27.7 Å². The van der Waals surface area contributed by atoms with Crippen molar-refractivity contribution < 1.29 is 4.79 Å². The number of carbonyl (C=O) groups excluding carboxylic acids is 1. The number of fused-ring (bicyclic) bond motifs is 3. The first-order valence-electron chi connectivity index (χ1n) is 9.34. The van der Waals surface area contributed by atoms with Crippen LogP contribution in [0.1, 0.15) is 18.5 Å². The Labute approximate surface area is 162 Å². The number of para-hydroxylation sites is 1. The number of rotatable bonds is 5. The zero-order chi connectivity index (χ0) is 19.7. The van der Waals surface area contributed by atoms with Crippen LogP contribution in [0.3, 0.4) is 0 Å². The van der Waals surface area contributed by atoms with Crippen LogP contribution in [-0.2, 0) is 18.3 Å². The van der Waals surface area contributed by atoms with E-state index < -0.39 is 6.04 Å². The summed E-state index contributed by atoms with van der Waals surface area (Å²) < 4.78 is 3.13. The smallest absolute Gasteiger partial charge is 0.291 e. The number of aromatic nitrogens is 3. The molecule has 1 N–H and O–H groups in total. The number of benzene rings is 2. The fraction of sp³-hybridized carbons (Fsp3) is 0.227. The van der Waals surface area contributed by atoms with Gasteiger partial charge >= 0.3 is 0 Å². The molecule has 0 unspecified atom stereocenters. The van der Waals surface area contributed by atoms with Gasteiger partial charge in [0.05, 0.1) is 11.7 Å². The Morgan fingerprint density at radius 3 is 2.57 bits per heavy atom. The topological polar surface area (TPSA) is 68.9 Å². The standard InChI is InChI=1S/C22H22N4O2/c1-15(21(27)23-13-12-16-8-4-3-5-9-16)26-19-11-7-6-10-17(19)18-14-24-25(2)22(28)20(18)26/h3-11,14-15H,12-13H2,1-2H3,(H,23,27)/t15-/m1/s1. The lowest BCUT2D eigenvalue weighted by atomic mass is 10.1. The first-order valence-corrected chi connectivity index (χ1v) is 9.34. The molecule has 6 nitrogen and oxygen atoms in total. The molecule has 28 heavy (non-hydrogen) atoms. The first-order chi connectivity index (χ1) is 13.6. The lowest BCUT2D eigenvalue weighted by Crippen LogP contribution is -2.33. The van der Waals surface area contributed by atoms with E-state index in [2.05, 4.69) is 10.4 Å². The molecule has 1 atom stereocenters. The number of nitrogens with one attached hydrogen (secondary N) is 1. The Hall–Kier alpha value is -3.41. The highest BCUT2D eigenvalue weighted by Crippen LogP contribution is 2.29. The number of hydrogen-bond acceptors (Lipinski definition) is 3. The summed E-state index contributed by atoms with van der Waals surface area (Å²) >= 11 is 0. The van der Waals surface area contributed by atoms with Crippen molar-refractivity contribution in [2.45, 2.75) is 19.4 Å². The number of nitrogens with zero attached hydrogens (tertiary/aromatic N) is 3. The van der Waals surface area contributed by atoms with Gasteiger partial charge in [-0.1, -0.05) is 48.5 Å². The summed E-state index contributed by atoms with van der Waals surface area (Å²) in [5.41, 5.74) is 2.32. The minimum Gasteiger partial charge on any atom is -0.354 e. The average Bonchev–Trinajstić information content (AvgIpc) is 3.06. The molecule has 2 aromatic heterocycles. The van der Waals surface area contributed by atoms with Crippen molar-refractivity contribution in [3.63, 3.8) is 0 Å². The van der Waals surface area contributed by atoms with Crippen LogP contribution in [0.2, 0.25) is 0 Å². The summed E-state index contributed by atoms with van der Waals surface area (Å²) in [4.78, 5) is 25.7. The van der Waals surface area contributed by atoms with Crippen LogP contribution in [0.15, 0.2) is 65.6 Å². The third-order valence-corrected chi connectivity index (χ3v) is 5.13. The lowest BCUT2D eigenvalue weighted by molar-refractivity contribution is -0.123. The van der Waals surface area contributed by atoms with E-state index in [4.69, 9.17) is 0 Å². The molecule has 0 radical (unpaired) electrons. The van der Waals surface area contributed by atoms with E-state index in [1.165, 1.54) is 10.2 Å². The molecule has 0 aliphatic rings. The summed E-state index contributed by atoms with van der Waals surface area (Å²) in [5, 5.41) is 8.84. The van der Waals surface area contributed by atoms with Crippen molar-refractivity contribution in [3.8, 4) is 0 Å². The van der Waals surface area contributed by atoms with E-state index in [9.17, 15) is 9.59 Å². The molecule has 0 saturated carbocycles. The lowest BCUT2D eigenvalue weighted by Gasteiger charge is -2.16. The van der Waals surface area contributed by atoms with E-state index in [0.29, 0.717) is 12.1 Å². The van der Waals surface area contributed by atoms with Crippen LogP contribution in [0, 0.1) is 0 Å². The summed E-state index contributed by atoms with van der Waals surface area (Å²) in [6, 6.07) is 17.2. The van der Waals surface area contributed by atoms with Crippen molar-refractivity contribution in [2.24, 2.45) is 7.05 Å². The zero-order valence-electron chi connectivity index (χ0n) is 15.9. The van der Waals surface area contributed by atoms with Crippen LogP contribution in [-0.4, -0.2) is 26.8 Å². The maximum absolute atomic E-state index is 12.9. The van der Waals surface area contributed by atoms with Crippen molar-refractivity contribution in [3.05, 3.63) is 76.7 Å². The van der Waals surface area contributed by atoms with Crippen molar-refractivity contribution in [1.29, 1.82) is 0 Å². The highest BCUT2D eigenvalue weighted by atomic mass is 16.2. The molecule has 0 bridgehead atoms. The van der Waals surface area contributed by atoms with Gasteiger partial charge in [-0.25, -0.2) is 4.68 Å². The Morgan fingerprint density at radius 2 is 1.79 bits per heavy atom. The van der Waals surface area contributed by atoms with Gasteiger partial charge in [0.2, 0.25) is 5.91 Å². The molecule has 0 fully saturated rings. The molecule has 4 rings (SSSR count). The SMILES string of the molecule is C[C@H](C(=O)NCCc1ccccc1)n1c2ccccc2c2cnn(C)c(=O)c21. The van der Waals surface area contributed by atoms with Gasteiger partial charge in [0.25, 0.3) is 5.56 Å². The van der Waals surface area contributed by atoms with Gasteiger partial charge in [0.1, 0.15) is 11.6 Å². The fourth-order valence-electron chi connectivity index (χ4n) is 3.63. The monoisotopic (exact) mass is 374 g/mol. The third kappa shape index (κ3) is 3.07. The zero-order valence-corrected chi connectivity index (χ0v) is 15.9. The van der Waals surface area contributed by atoms with E-state index in [1.54, 1.807) is 13.2 Å². The molecule has 0 saturated heterocycles. The Morgan fingerprint density at radius 1 is 1.07 bits per heavy atom. The Balaban J connectivity index is 1.68. The second-order valence-corrected chi connectivity index (χ2v) is 6.93. The highest BCUT2D eigenvalue weighted by molar-refractivity contribution is 6.08. The van der Waals surface area contributed by atoms with Crippen molar-refractivity contribution in [1.82, 2.24) is 19.7 Å². The van der Waals surface area contributed by atoms with Gasteiger partial charge in [-0.15, -0.1) is 0 Å². The maximum atomic E-state index is 12.9. The van der Waals surface area contributed by atoms with Crippen LogP contribution >= 0.6 is 0 Å². The van der Waals surface area contributed by atoms with Gasteiger partial charge in [-0.2, -0.15) is 5.10 Å². The van der Waals surface area contributed by atoms with Gasteiger partial charge < -0.3 is 9.88 Å². The maximum Gasteiger partial charge on any atom is 0.291 e. The average molecular weight is 374 g/mol. The van der Waals surface area contributed by atoms with E-state index in [0.717, 1.165) is 22.7 Å². The molecule has 2 aromatic carbocycles. The first kappa shape index (κ1) is 18.0. The number of aryl methyl sites for hydroxylation is 1. The van der Waals surface area contributed by atoms with E-state index in [-0.39, 0.29) is 11.5 Å². The summed E-state index contributed by atoms with van der Waals surface area (Å²) in [7, 11) is 1.62. The number of hydrogen-bond donors (Lipinski definition) is 1. The molecular formula is C22H22N4O2. The summed E-state index contributed by atoms with van der Waals surface area (Å²) in [6.45, 7) is 2.37.